The fourth-order valence-corrected chi connectivity index (χ4v) is 2.54. The Morgan fingerprint density at radius 3 is 2.48 bits per heavy atom. The second kappa shape index (κ2) is 4.65. The van der Waals surface area contributed by atoms with Crippen LogP contribution < -0.4 is 0 Å². The molecule has 1 atom stereocenters. The monoisotopic (exact) mass is 330 g/mol. The molecule has 1 aliphatic carbocycles. The van der Waals surface area contributed by atoms with Gasteiger partial charge < -0.3 is 4.57 Å². The summed E-state index contributed by atoms with van der Waals surface area (Å²) in [6.07, 6.45) is 2.00. The number of alkyl halides is 4. The molecule has 0 aromatic carbocycles. The summed E-state index contributed by atoms with van der Waals surface area (Å²) in [5.41, 5.74) is -0.400. The molecule has 1 fully saturated rings. The summed E-state index contributed by atoms with van der Waals surface area (Å²) in [6.45, 7) is 1.95. The zero-order valence-electron chi connectivity index (χ0n) is 12.6. The largest absolute Gasteiger partial charge is 0.325 e. The average molecular weight is 330 g/mol. The Morgan fingerprint density at radius 2 is 2.04 bits per heavy atom. The molecule has 0 bridgehead atoms. The Kier molecular flexibility index (Phi) is 3.18. The number of carbonyl (C=O) groups excluding carboxylic acids is 1. The van der Waals surface area contributed by atoms with Gasteiger partial charge in [0, 0.05) is 39.1 Å². The maximum atomic E-state index is 13.8. The van der Waals surface area contributed by atoms with Gasteiger partial charge in [-0.1, -0.05) is 0 Å². The standard InChI is InChI=1S/C14H14F4N4O/c1-7(23)12-19-5-9(21(12)3)8-6-22(10-4-14(10,17)18)20-11(8)13(2,15)16/h5-6,10H,4H2,1-3H3. The third kappa shape index (κ3) is 2.53. The number of halogens is 4. The van der Waals surface area contributed by atoms with Crippen molar-refractivity contribution in [2.24, 2.45) is 7.05 Å². The molecule has 0 radical (unpaired) electrons. The van der Waals surface area contributed by atoms with Gasteiger partial charge in [-0.05, 0) is 0 Å². The number of imidazole rings is 1. The van der Waals surface area contributed by atoms with Crippen molar-refractivity contribution in [1.82, 2.24) is 19.3 Å². The molecule has 0 saturated heterocycles. The molecule has 2 aromatic heterocycles. The summed E-state index contributed by atoms with van der Waals surface area (Å²) in [7, 11) is 1.50. The van der Waals surface area contributed by atoms with Gasteiger partial charge in [-0.15, -0.1) is 0 Å². The summed E-state index contributed by atoms with van der Waals surface area (Å²) in [5.74, 6) is -6.48. The van der Waals surface area contributed by atoms with Gasteiger partial charge in [-0.3, -0.25) is 9.48 Å². The first-order valence-corrected chi connectivity index (χ1v) is 6.90. The van der Waals surface area contributed by atoms with Crippen LogP contribution in [0.3, 0.4) is 0 Å². The molecule has 1 aliphatic rings. The lowest BCUT2D eigenvalue weighted by Crippen LogP contribution is -2.12. The third-order valence-electron chi connectivity index (χ3n) is 3.84. The molecular formula is C14H14F4N4O. The maximum absolute atomic E-state index is 13.8. The van der Waals surface area contributed by atoms with Gasteiger partial charge in [0.15, 0.2) is 11.6 Å². The molecule has 1 unspecified atom stereocenters. The molecule has 3 rings (SSSR count). The third-order valence-corrected chi connectivity index (χ3v) is 3.84. The van der Waals surface area contributed by atoms with Crippen molar-refractivity contribution < 1.29 is 22.4 Å². The number of carbonyl (C=O) groups is 1. The number of rotatable bonds is 4. The van der Waals surface area contributed by atoms with Crippen molar-refractivity contribution in [3.8, 4) is 11.3 Å². The van der Waals surface area contributed by atoms with Crippen LogP contribution >= 0.6 is 0 Å². The predicted molar refractivity (Wildman–Crippen MR) is 72.6 cm³/mol. The highest BCUT2D eigenvalue weighted by atomic mass is 19.3. The van der Waals surface area contributed by atoms with E-state index in [1.165, 1.54) is 30.9 Å². The Balaban J connectivity index is 2.13. The van der Waals surface area contributed by atoms with E-state index in [9.17, 15) is 22.4 Å². The van der Waals surface area contributed by atoms with E-state index in [1.807, 2.05) is 0 Å². The SMILES string of the molecule is CC(=O)c1ncc(-c2cn(C3CC3(F)F)nc2C(C)(F)F)n1C. The zero-order valence-corrected chi connectivity index (χ0v) is 12.6. The number of ketones is 1. The lowest BCUT2D eigenvalue weighted by molar-refractivity contribution is 0.0121. The second-order valence-electron chi connectivity index (χ2n) is 5.82. The number of nitrogens with zero attached hydrogens (tertiary/aromatic N) is 4. The van der Waals surface area contributed by atoms with E-state index in [1.54, 1.807) is 0 Å². The van der Waals surface area contributed by atoms with E-state index in [0.29, 0.717) is 6.92 Å². The molecule has 0 aliphatic heterocycles. The molecule has 0 N–H and O–H groups in total. The summed E-state index contributed by atoms with van der Waals surface area (Å²) in [4.78, 5) is 15.3. The summed E-state index contributed by atoms with van der Waals surface area (Å²) in [6, 6.07) is -1.21. The number of aromatic nitrogens is 4. The lowest BCUT2D eigenvalue weighted by Gasteiger charge is -2.10. The highest BCUT2D eigenvalue weighted by Gasteiger charge is 2.59. The second-order valence-corrected chi connectivity index (χ2v) is 5.82. The van der Waals surface area contributed by atoms with Crippen molar-refractivity contribution >= 4 is 5.78 Å². The van der Waals surface area contributed by atoms with Crippen LogP contribution in [0.2, 0.25) is 0 Å². The van der Waals surface area contributed by atoms with Gasteiger partial charge in [0.25, 0.3) is 11.8 Å². The lowest BCUT2D eigenvalue weighted by atomic mass is 10.1. The number of Topliss-reactive ketones (excluding diaryl/α,β-unsaturated/α-hetero) is 1. The van der Waals surface area contributed by atoms with Gasteiger partial charge in [0.2, 0.25) is 0 Å². The van der Waals surface area contributed by atoms with Gasteiger partial charge in [0.1, 0.15) is 11.7 Å². The Labute approximate surface area is 128 Å². The van der Waals surface area contributed by atoms with E-state index in [4.69, 9.17) is 0 Å². The molecule has 1 saturated carbocycles. The quantitative estimate of drug-likeness (QED) is 0.639. The van der Waals surface area contributed by atoms with E-state index in [-0.39, 0.29) is 22.9 Å². The van der Waals surface area contributed by atoms with Crippen LogP contribution in [0.1, 0.15) is 42.6 Å². The fraction of sp³-hybridized carbons (Fsp3) is 0.500. The Morgan fingerprint density at radius 1 is 1.43 bits per heavy atom. The van der Waals surface area contributed by atoms with Gasteiger partial charge in [-0.2, -0.15) is 13.9 Å². The van der Waals surface area contributed by atoms with Crippen LogP contribution in [0.15, 0.2) is 12.4 Å². The predicted octanol–water partition coefficient (Wildman–Crippen LogP) is 3.18. The minimum absolute atomic E-state index is 0.0114. The smallest absolute Gasteiger partial charge is 0.289 e. The van der Waals surface area contributed by atoms with Crippen molar-refractivity contribution in [1.29, 1.82) is 0 Å². The van der Waals surface area contributed by atoms with Crippen LogP contribution in [-0.2, 0) is 13.0 Å². The van der Waals surface area contributed by atoms with Gasteiger partial charge in [-0.25, -0.2) is 13.8 Å². The fourth-order valence-electron chi connectivity index (χ4n) is 2.54. The minimum Gasteiger partial charge on any atom is -0.325 e. The number of hydrogen-bond donors (Lipinski definition) is 0. The van der Waals surface area contributed by atoms with Crippen molar-refractivity contribution in [2.45, 2.75) is 38.2 Å². The molecule has 2 aromatic rings. The highest BCUT2D eigenvalue weighted by molar-refractivity contribution is 5.91. The normalized spacial score (nSPS) is 19.9. The Bertz CT molecular complexity index is 787. The van der Waals surface area contributed by atoms with E-state index < -0.39 is 30.0 Å². The van der Waals surface area contributed by atoms with Crippen LogP contribution in [0.25, 0.3) is 11.3 Å². The highest BCUT2D eigenvalue weighted by Crippen LogP contribution is 2.53. The van der Waals surface area contributed by atoms with Gasteiger partial charge >= 0.3 is 0 Å². The maximum Gasteiger partial charge on any atom is 0.289 e. The summed E-state index contributed by atoms with van der Waals surface area (Å²) < 4.78 is 56.3. The number of hydrogen-bond acceptors (Lipinski definition) is 3. The zero-order chi connectivity index (χ0) is 17.2. The minimum atomic E-state index is -3.31. The van der Waals surface area contributed by atoms with Crippen LogP contribution in [-0.4, -0.2) is 31.0 Å². The van der Waals surface area contributed by atoms with Crippen LogP contribution in [0, 0.1) is 0 Å². The van der Waals surface area contributed by atoms with E-state index in [0.717, 1.165) is 4.68 Å². The molecule has 0 spiro atoms. The molecule has 23 heavy (non-hydrogen) atoms. The molecule has 2 heterocycles. The molecule has 0 amide bonds. The van der Waals surface area contributed by atoms with E-state index in [2.05, 4.69) is 10.1 Å². The first kappa shape index (κ1) is 15.7. The topological polar surface area (TPSA) is 52.7 Å². The average Bonchev–Trinajstić information content (AvgIpc) is 2.79. The molecule has 124 valence electrons. The summed E-state index contributed by atoms with van der Waals surface area (Å²) in [5, 5.41) is 3.67. The summed E-state index contributed by atoms with van der Waals surface area (Å²) >= 11 is 0. The van der Waals surface area contributed by atoms with Crippen molar-refractivity contribution in [2.75, 3.05) is 0 Å². The van der Waals surface area contributed by atoms with Crippen LogP contribution in [0.4, 0.5) is 17.6 Å². The van der Waals surface area contributed by atoms with Crippen molar-refractivity contribution in [3.63, 3.8) is 0 Å². The first-order valence-electron chi connectivity index (χ1n) is 6.90. The molecule has 5 nitrogen and oxygen atoms in total. The van der Waals surface area contributed by atoms with Crippen molar-refractivity contribution in [3.05, 3.63) is 23.9 Å². The Hall–Kier alpha value is -2.19. The van der Waals surface area contributed by atoms with Crippen LogP contribution in [0.5, 0.6) is 0 Å². The molecular weight excluding hydrogens is 316 g/mol. The molecule has 9 heteroatoms. The van der Waals surface area contributed by atoms with Gasteiger partial charge in [0.05, 0.1) is 11.9 Å². The first-order chi connectivity index (χ1) is 10.5. The van der Waals surface area contributed by atoms with E-state index >= 15 is 0 Å².